The quantitative estimate of drug-likeness (QED) is 0.599. The van der Waals surface area contributed by atoms with Gasteiger partial charge in [0.1, 0.15) is 5.60 Å². The zero-order chi connectivity index (χ0) is 14.0. The molecule has 1 saturated carbocycles. The molecule has 0 heterocycles. The molecule has 0 amide bonds. The molecular weight excluding hydrogens is 236 g/mol. The lowest BCUT2D eigenvalue weighted by Crippen LogP contribution is -2.47. The van der Waals surface area contributed by atoms with Gasteiger partial charge in [0.25, 0.3) is 0 Å². The van der Waals surface area contributed by atoms with E-state index in [0.29, 0.717) is 12.8 Å². The van der Waals surface area contributed by atoms with Gasteiger partial charge in [0.2, 0.25) is 0 Å². The van der Waals surface area contributed by atoms with Crippen LogP contribution in [0.15, 0.2) is 0 Å². The Kier molecular flexibility index (Phi) is 4.37. The standard InChI is InChI=1S/C13H22O5/c1-12(2,3)18-11(16)13(10(15)17-4)7-5-9(14)6-8-13/h9,14H,5-8H2,1-4H3. The van der Waals surface area contributed by atoms with Crippen molar-refractivity contribution in [3.05, 3.63) is 0 Å². The van der Waals surface area contributed by atoms with Gasteiger partial charge in [-0.05, 0) is 46.5 Å². The van der Waals surface area contributed by atoms with E-state index in [-0.39, 0.29) is 12.8 Å². The zero-order valence-electron chi connectivity index (χ0n) is 11.5. The second-order valence-corrected chi connectivity index (χ2v) is 5.81. The van der Waals surface area contributed by atoms with Gasteiger partial charge in [-0.3, -0.25) is 9.59 Å². The van der Waals surface area contributed by atoms with Crippen molar-refractivity contribution in [1.82, 2.24) is 0 Å². The third-order valence-corrected chi connectivity index (χ3v) is 3.17. The molecule has 0 saturated heterocycles. The minimum Gasteiger partial charge on any atom is -0.468 e. The van der Waals surface area contributed by atoms with Crippen molar-refractivity contribution in [1.29, 1.82) is 0 Å². The summed E-state index contributed by atoms with van der Waals surface area (Å²) < 4.78 is 10.1. The monoisotopic (exact) mass is 258 g/mol. The van der Waals surface area contributed by atoms with Gasteiger partial charge < -0.3 is 14.6 Å². The molecule has 1 fully saturated rings. The van der Waals surface area contributed by atoms with Crippen molar-refractivity contribution < 1.29 is 24.2 Å². The normalized spacial score (nSPS) is 28.6. The number of methoxy groups -OCH3 is 1. The average molecular weight is 258 g/mol. The second kappa shape index (κ2) is 5.26. The first kappa shape index (κ1) is 15.0. The summed E-state index contributed by atoms with van der Waals surface area (Å²) in [6.45, 7) is 5.27. The Labute approximate surface area is 107 Å². The fraction of sp³-hybridized carbons (Fsp3) is 0.846. The Hall–Kier alpha value is -1.10. The number of carbonyl (C=O) groups is 2. The van der Waals surface area contributed by atoms with Crippen LogP contribution in [0.4, 0.5) is 0 Å². The molecule has 0 aliphatic heterocycles. The number of hydrogen-bond donors (Lipinski definition) is 1. The van der Waals surface area contributed by atoms with Crippen LogP contribution in [-0.4, -0.2) is 35.9 Å². The summed E-state index contributed by atoms with van der Waals surface area (Å²) in [6, 6.07) is 0. The Morgan fingerprint density at radius 3 is 2.06 bits per heavy atom. The van der Waals surface area contributed by atoms with E-state index < -0.39 is 29.1 Å². The second-order valence-electron chi connectivity index (χ2n) is 5.81. The Morgan fingerprint density at radius 2 is 1.67 bits per heavy atom. The van der Waals surface area contributed by atoms with Crippen molar-refractivity contribution in [2.45, 2.75) is 58.2 Å². The van der Waals surface area contributed by atoms with E-state index in [1.165, 1.54) is 7.11 Å². The van der Waals surface area contributed by atoms with Crippen LogP contribution in [0.3, 0.4) is 0 Å². The van der Waals surface area contributed by atoms with Gasteiger partial charge >= 0.3 is 11.9 Å². The van der Waals surface area contributed by atoms with Crippen LogP contribution in [0, 0.1) is 5.41 Å². The number of ether oxygens (including phenoxy) is 2. The fourth-order valence-corrected chi connectivity index (χ4v) is 2.16. The summed E-state index contributed by atoms with van der Waals surface area (Å²) >= 11 is 0. The minimum absolute atomic E-state index is 0.274. The van der Waals surface area contributed by atoms with Crippen LogP contribution >= 0.6 is 0 Å². The first-order valence-electron chi connectivity index (χ1n) is 6.21. The molecule has 1 N–H and O–H groups in total. The van der Waals surface area contributed by atoms with E-state index in [9.17, 15) is 14.7 Å². The molecule has 5 heteroatoms. The van der Waals surface area contributed by atoms with E-state index in [1.54, 1.807) is 20.8 Å². The van der Waals surface area contributed by atoms with Crippen LogP contribution in [0.1, 0.15) is 46.5 Å². The Balaban J connectivity index is 2.92. The highest BCUT2D eigenvalue weighted by Gasteiger charge is 2.51. The first-order valence-corrected chi connectivity index (χ1v) is 6.21. The van der Waals surface area contributed by atoms with Gasteiger partial charge in [-0.2, -0.15) is 0 Å². The molecule has 1 aliphatic rings. The van der Waals surface area contributed by atoms with Crippen LogP contribution in [0.2, 0.25) is 0 Å². The maximum atomic E-state index is 12.2. The van der Waals surface area contributed by atoms with E-state index >= 15 is 0 Å². The molecule has 18 heavy (non-hydrogen) atoms. The summed E-state index contributed by atoms with van der Waals surface area (Å²) in [5.41, 5.74) is -1.89. The maximum absolute atomic E-state index is 12.2. The van der Waals surface area contributed by atoms with Crippen LogP contribution in [0.25, 0.3) is 0 Å². The number of rotatable bonds is 2. The highest BCUT2D eigenvalue weighted by atomic mass is 16.6. The van der Waals surface area contributed by atoms with Crippen molar-refractivity contribution in [3.63, 3.8) is 0 Å². The van der Waals surface area contributed by atoms with Crippen molar-refractivity contribution in [3.8, 4) is 0 Å². The molecule has 0 aromatic carbocycles. The van der Waals surface area contributed by atoms with Crippen molar-refractivity contribution in [2.75, 3.05) is 7.11 Å². The lowest BCUT2D eigenvalue weighted by molar-refractivity contribution is -0.182. The Morgan fingerprint density at radius 1 is 1.17 bits per heavy atom. The van der Waals surface area contributed by atoms with Gasteiger partial charge in [-0.1, -0.05) is 0 Å². The molecule has 0 aromatic rings. The molecular formula is C13H22O5. The van der Waals surface area contributed by atoms with Crippen LogP contribution in [-0.2, 0) is 19.1 Å². The maximum Gasteiger partial charge on any atom is 0.324 e. The molecule has 0 aromatic heterocycles. The average Bonchev–Trinajstić information content (AvgIpc) is 2.27. The third-order valence-electron chi connectivity index (χ3n) is 3.17. The van der Waals surface area contributed by atoms with E-state index in [2.05, 4.69) is 0 Å². The number of carbonyl (C=O) groups excluding carboxylic acids is 2. The van der Waals surface area contributed by atoms with Gasteiger partial charge in [0, 0.05) is 0 Å². The fourth-order valence-electron chi connectivity index (χ4n) is 2.16. The predicted molar refractivity (Wildman–Crippen MR) is 64.8 cm³/mol. The topological polar surface area (TPSA) is 72.8 Å². The first-order chi connectivity index (χ1) is 8.21. The molecule has 0 atom stereocenters. The summed E-state index contributed by atoms with van der Waals surface area (Å²) in [5.74, 6) is -1.11. The zero-order valence-corrected chi connectivity index (χ0v) is 11.5. The number of aliphatic hydroxyl groups excluding tert-OH is 1. The molecule has 1 aliphatic carbocycles. The highest BCUT2D eigenvalue weighted by molar-refractivity contribution is 6.00. The Bertz CT molecular complexity index is 321. The third kappa shape index (κ3) is 3.22. The number of hydrogen-bond acceptors (Lipinski definition) is 5. The summed E-state index contributed by atoms with van der Waals surface area (Å²) in [5, 5.41) is 9.51. The SMILES string of the molecule is COC(=O)C1(C(=O)OC(C)(C)C)CCC(O)CC1. The van der Waals surface area contributed by atoms with E-state index in [1.807, 2.05) is 0 Å². The van der Waals surface area contributed by atoms with E-state index in [0.717, 1.165) is 0 Å². The van der Waals surface area contributed by atoms with Crippen molar-refractivity contribution >= 4 is 11.9 Å². The molecule has 0 bridgehead atoms. The van der Waals surface area contributed by atoms with Crippen molar-refractivity contribution in [2.24, 2.45) is 5.41 Å². The van der Waals surface area contributed by atoms with Crippen LogP contribution in [0.5, 0.6) is 0 Å². The van der Waals surface area contributed by atoms with Gasteiger partial charge in [0.05, 0.1) is 13.2 Å². The van der Waals surface area contributed by atoms with Gasteiger partial charge in [-0.15, -0.1) is 0 Å². The summed E-state index contributed by atoms with van der Waals surface area (Å²) in [6.07, 6.45) is 0.916. The van der Waals surface area contributed by atoms with Gasteiger partial charge in [-0.25, -0.2) is 0 Å². The predicted octanol–water partition coefficient (Wildman–Crippen LogP) is 1.42. The minimum atomic E-state index is -1.25. The molecule has 0 spiro atoms. The van der Waals surface area contributed by atoms with E-state index in [4.69, 9.17) is 9.47 Å². The molecule has 0 radical (unpaired) electrons. The highest BCUT2D eigenvalue weighted by Crippen LogP contribution is 2.39. The molecule has 0 unspecified atom stereocenters. The smallest absolute Gasteiger partial charge is 0.324 e. The number of esters is 2. The molecule has 104 valence electrons. The lowest BCUT2D eigenvalue weighted by atomic mass is 9.73. The molecule has 1 rings (SSSR count). The largest absolute Gasteiger partial charge is 0.468 e. The number of aliphatic hydroxyl groups is 1. The summed E-state index contributed by atoms with van der Waals surface area (Å²) in [4.78, 5) is 24.2. The lowest BCUT2D eigenvalue weighted by Gasteiger charge is -2.36. The van der Waals surface area contributed by atoms with Gasteiger partial charge in [0.15, 0.2) is 5.41 Å². The molecule has 5 nitrogen and oxygen atoms in total. The van der Waals surface area contributed by atoms with Crippen LogP contribution < -0.4 is 0 Å². The summed E-state index contributed by atoms with van der Waals surface area (Å²) in [7, 11) is 1.26.